The smallest absolute Gasteiger partial charge is 0.326 e. The highest BCUT2D eigenvalue weighted by Gasteiger charge is 2.31. The molecule has 1 rings (SSSR count). The lowest BCUT2D eigenvalue weighted by Crippen LogP contribution is -2.58. The maximum Gasteiger partial charge on any atom is 0.326 e. The Labute approximate surface area is 212 Å². The van der Waals surface area contributed by atoms with Gasteiger partial charge in [0.2, 0.25) is 29.5 Å². The first-order chi connectivity index (χ1) is 17.4. The molecule has 206 valence electrons. The molecular formula is C21H35N9O7. The number of hydrogen-bond acceptors (Lipinski definition) is 9. The number of primary amides is 2. The van der Waals surface area contributed by atoms with E-state index in [0.29, 0.717) is 25.1 Å². The molecule has 0 aliphatic heterocycles. The van der Waals surface area contributed by atoms with E-state index in [0.717, 1.165) is 0 Å². The second-order valence-electron chi connectivity index (χ2n) is 8.37. The Morgan fingerprint density at radius 2 is 1.51 bits per heavy atom. The summed E-state index contributed by atoms with van der Waals surface area (Å²) in [5, 5.41) is 16.4. The number of aliphatic carboxylic acids is 1. The Kier molecular flexibility index (Phi) is 13.3. The van der Waals surface area contributed by atoms with Gasteiger partial charge >= 0.3 is 5.97 Å². The molecule has 0 fully saturated rings. The zero-order valence-electron chi connectivity index (χ0n) is 20.3. The number of carboxylic acid groups (broad SMARTS) is 1. The Bertz CT molecular complexity index is 939. The molecule has 0 saturated carbocycles. The molecule has 0 bridgehead atoms. The highest BCUT2D eigenvalue weighted by molar-refractivity contribution is 5.96. The van der Waals surface area contributed by atoms with Crippen molar-refractivity contribution in [2.45, 2.75) is 69.1 Å². The second kappa shape index (κ2) is 15.8. The third-order valence-electron chi connectivity index (χ3n) is 5.24. The number of carbonyl (C=O) groups is 6. The SMILES string of the molecule is NCCCCC(NC(=O)C(CC(N)=O)NC(=O)C(N)Cc1cnc[nH]1)C(=O)NC(CCC(N)=O)C(=O)O. The van der Waals surface area contributed by atoms with Crippen molar-refractivity contribution in [2.24, 2.45) is 22.9 Å². The average Bonchev–Trinajstić information content (AvgIpc) is 3.32. The Morgan fingerprint density at radius 3 is 2.05 bits per heavy atom. The average molecular weight is 526 g/mol. The minimum absolute atomic E-state index is 0.0722. The van der Waals surface area contributed by atoms with Gasteiger partial charge in [-0.3, -0.25) is 24.0 Å². The van der Waals surface area contributed by atoms with E-state index in [-0.39, 0.29) is 25.7 Å². The Hall–Kier alpha value is -4.05. The molecule has 37 heavy (non-hydrogen) atoms. The molecule has 1 aromatic heterocycles. The van der Waals surface area contributed by atoms with Gasteiger partial charge in [-0.25, -0.2) is 9.78 Å². The molecule has 1 aromatic rings. The van der Waals surface area contributed by atoms with Gasteiger partial charge in [-0.15, -0.1) is 0 Å². The molecule has 13 N–H and O–H groups in total. The van der Waals surface area contributed by atoms with Crippen molar-refractivity contribution in [2.75, 3.05) is 6.54 Å². The standard InChI is InChI=1S/C21H35N9O7/c22-6-2-1-3-13(19(34)29-14(21(36)37)4-5-16(24)31)28-20(35)15(8-17(25)32)30-18(33)12(23)7-11-9-26-10-27-11/h9-10,12-15H,1-8,22-23H2,(H2,24,31)(H2,25,32)(H,26,27)(H,28,35)(H,29,34)(H,30,33)(H,36,37). The number of nitrogens with zero attached hydrogens (tertiary/aromatic N) is 1. The van der Waals surface area contributed by atoms with Gasteiger partial charge in [0.25, 0.3) is 0 Å². The van der Waals surface area contributed by atoms with Crippen LogP contribution in [0.25, 0.3) is 0 Å². The molecule has 16 nitrogen and oxygen atoms in total. The quantitative estimate of drug-likeness (QED) is 0.0839. The molecule has 16 heteroatoms. The number of aromatic nitrogens is 2. The largest absolute Gasteiger partial charge is 0.480 e. The van der Waals surface area contributed by atoms with E-state index in [9.17, 15) is 33.9 Å². The second-order valence-corrected chi connectivity index (χ2v) is 8.37. The van der Waals surface area contributed by atoms with E-state index in [1.54, 1.807) is 0 Å². The lowest BCUT2D eigenvalue weighted by atomic mass is 10.0. The zero-order chi connectivity index (χ0) is 28.0. The third kappa shape index (κ3) is 12.0. The fourth-order valence-corrected chi connectivity index (χ4v) is 3.27. The Morgan fingerprint density at radius 1 is 0.892 bits per heavy atom. The number of carboxylic acids is 1. The number of aromatic amines is 1. The molecule has 0 aliphatic carbocycles. The molecule has 4 unspecified atom stereocenters. The first-order valence-electron chi connectivity index (χ1n) is 11.6. The predicted molar refractivity (Wildman–Crippen MR) is 129 cm³/mol. The topological polar surface area (TPSA) is 292 Å². The fraction of sp³-hybridized carbons (Fsp3) is 0.571. The van der Waals surface area contributed by atoms with Crippen LogP contribution in [0.2, 0.25) is 0 Å². The Balaban J connectivity index is 2.96. The van der Waals surface area contributed by atoms with Crippen LogP contribution in [0.1, 0.15) is 44.2 Å². The molecule has 4 atom stereocenters. The first kappa shape index (κ1) is 31.0. The van der Waals surface area contributed by atoms with Gasteiger partial charge in [-0.2, -0.15) is 0 Å². The lowest BCUT2D eigenvalue weighted by Gasteiger charge is -2.25. The van der Waals surface area contributed by atoms with Gasteiger partial charge in [0.05, 0.1) is 18.8 Å². The van der Waals surface area contributed by atoms with Gasteiger partial charge < -0.3 is 49.0 Å². The lowest BCUT2D eigenvalue weighted by molar-refractivity contribution is -0.142. The number of H-pyrrole nitrogens is 1. The van der Waals surface area contributed by atoms with Crippen molar-refractivity contribution in [3.63, 3.8) is 0 Å². The van der Waals surface area contributed by atoms with Crippen molar-refractivity contribution in [3.05, 3.63) is 18.2 Å². The third-order valence-corrected chi connectivity index (χ3v) is 5.24. The zero-order valence-corrected chi connectivity index (χ0v) is 20.3. The maximum absolute atomic E-state index is 13.0. The van der Waals surface area contributed by atoms with E-state index >= 15 is 0 Å². The van der Waals surface area contributed by atoms with Gasteiger partial charge in [0, 0.05) is 24.7 Å². The van der Waals surface area contributed by atoms with Gasteiger partial charge in [0.15, 0.2) is 0 Å². The molecular weight excluding hydrogens is 490 g/mol. The summed E-state index contributed by atoms with van der Waals surface area (Å²) < 4.78 is 0. The molecule has 0 aliphatic rings. The molecule has 0 radical (unpaired) electrons. The number of hydrogen-bond donors (Lipinski definition) is 9. The van der Waals surface area contributed by atoms with Crippen molar-refractivity contribution in [1.82, 2.24) is 25.9 Å². The summed E-state index contributed by atoms with van der Waals surface area (Å²) in [7, 11) is 0. The van der Waals surface area contributed by atoms with E-state index in [1.165, 1.54) is 12.5 Å². The van der Waals surface area contributed by atoms with Crippen molar-refractivity contribution >= 4 is 35.5 Å². The summed E-state index contributed by atoms with van der Waals surface area (Å²) in [5.74, 6) is -5.54. The molecule has 5 amide bonds. The number of rotatable bonds is 18. The van der Waals surface area contributed by atoms with E-state index in [2.05, 4.69) is 25.9 Å². The van der Waals surface area contributed by atoms with Crippen LogP contribution in [0.15, 0.2) is 12.5 Å². The highest BCUT2D eigenvalue weighted by Crippen LogP contribution is 2.06. The van der Waals surface area contributed by atoms with Crippen LogP contribution in [-0.2, 0) is 35.2 Å². The summed E-state index contributed by atoms with van der Waals surface area (Å²) in [4.78, 5) is 79.0. The first-order valence-corrected chi connectivity index (χ1v) is 11.6. The number of amides is 5. The van der Waals surface area contributed by atoms with Gasteiger partial charge in [-0.05, 0) is 32.2 Å². The summed E-state index contributed by atoms with van der Waals surface area (Å²) in [6.45, 7) is 0.313. The summed E-state index contributed by atoms with van der Waals surface area (Å²) >= 11 is 0. The van der Waals surface area contributed by atoms with Crippen LogP contribution >= 0.6 is 0 Å². The van der Waals surface area contributed by atoms with E-state index in [1.807, 2.05) is 0 Å². The summed E-state index contributed by atoms with van der Waals surface area (Å²) in [6.07, 6.45) is 2.81. The van der Waals surface area contributed by atoms with E-state index < -0.39 is 66.1 Å². The van der Waals surface area contributed by atoms with Crippen molar-refractivity contribution in [1.29, 1.82) is 0 Å². The summed E-state index contributed by atoms with van der Waals surface area (Å²) in [6, 6.07) is -5.21. The normalized spacial score (nSPS) is 14.0. The minimum atomic E-state index is -1.45. The van der Waals surface area contributed by atoms with Gasteiger partial charge in [0.1, 0.15) is 18.1 Å². The predicted octanol–water partition coefficient (Wildman–Crippen LogP) is -3.91. The number of imidazole rings is 1. The van der Waals surface area contributed by atoms with Crippen LogP contribution in [0, 0.1) is 0 Å². The van der Waals surface area contributed by atoms with E-state index in [4.69, 9.17) is 22.9 Å². The monoisotopic (exact) mass is 525 g/mol. The number of nitrogens with one attached hydrogen (secondary N) is 4. The number of unbranched alkanes of at least 4 members (excludes halogenated alkanes) is 1. The van der Waals surface area contributed by atoms with Crippen LogP contribution in [0.3, 0.4) is 0 Å². The molecule has 0 saturated heterocycles. The van der Waals surface area contributed by atoms with Crippen LogP contribution in [0.4, 0.5) is 0 Å². The highest BCUT2D eigenvalue weighted by atomic mass is 16.4. The summed E-state index contributed by atoms with van der Waals surface area (Å²) in [5.41, 5.74) is 22.2. The van der Waals surface area contributed by atoms with Crippen LogP contribution in [0.5, 0.6) is 0 Å². The molecule has 1 heterocycles. The minimum Gasteiger partial charge on any atom is -0.480 e. The molecule has 0 spiro atoms. The van der Waals surface area contributed by atoms with Crippen molar-refractivity contribution in [3.8, 4) is 0 Å². The fourth-order valence-electron chi connectivity index (χ4n) is 3.27. The molecule has 0 aromatic carbocycles. The van der Waals surface area contributed by atoms with Crippen LogP contribution in [-0.4, -0.2) is 81.3 Å². The van der Waals surface area contributed by atoms with Crippen LogP contribution < -0.4 is 38.9 Å². The number of nitrogens with two attached hydrogens (primary N) is 4. The van der Waals surface area contributed by atoms with Gasteiger partial charge in [-0.1, -0.05) is 0 Å². The van der Waals surface area contributed by atoms with Crippen molar-refractivity contribution < 1.29 is 33.9 Å². The number of carbonyl (C=O) groups excluding carboxylic acids is 5. The maximum atomic E-state index is 13.0.